The quantitative estimate of drug-likeness (QED) is 0.580. The predicted octanol–water partition coefficient (Wildman–Crippen LogP) is 3.86. The van der Waals surface area contributed by atoms with Crippen LogP contribution in [0, 0.1) is 12.7 Å². The highest BCUT2D eigenvalue weighted by Crippen LogP contribution is 2.39. The van der Waals surface area contributed by atoms with Crippen LogP contribution in [0.2, 0.25) is 0 Å². The van der Waals surface area contributed by atoms with E-state index in [0.29, 0.717) is 0 Å². The summed E-state index contributed by atoms with van der Waals surface area (Å²) in [4.78, 5) is 0. The predicted molar refractivity (Wildman–Crippen MR) is 54.6 cm³/mol. The Kier molecular flexibility index (Phi) is 3.17. The van der Waals surface area contributed by atoms with Crippen LogP contribution < -0.4 is 5.73 Å². The van der Waals surface area contributed by atoms with Crippen molar-refractivity contribution in [3.8, 4) is 0 Å². The van der Waals surface area contributed by atoms with E-state index < -0.39 is 23.2 Å². The Hall–Kier alpha value is -1.26. The molecular formula is C11H13F4N. The third-order valence-electron chi connectivity index (χ3n) is 2.43. The van der Waals surface area contributed by atoms with Crippen molar-refractivity contribution in [2.75, 3.05) is 5.73 Å². The highest BCUT2D eigenvalue weighted by Gasteiger charge is 2.36. The van der Waals surface area contributed by atoms with Crippen LogP contribution in [0.3, 0.4) is 0 Å². The van der Waals surface area contributed by atoms with Crippen LogP contribution in [0.4, 0.5) is 23.2 Å². The Morgan fingerprint density at radius 3 is 2.12 bits per heavy atom. The zero-order valence-corrected chi connectivity index (χ0v) is 9.24. The van der Waals surface area contributed by atoms with Crippen LogP contribution in [-0.2, 0) is 6.18 Å². The number of anilines is 1. The van der Waals surface area contributed by atoms with E-state index in [4.69, 9.17) is 5.73 Å². The number of nitrogens with two attached hydrogens (primary N) is 1. The highest BCUT2D eigenvalue weighted by molar-refractivity contribution is 5.56. The Bertz CT molecular complexity index is 407. The van der Waals surface area contributed by atoms with Crippen LogP contribution in [0.1, 0.15) is 36.5 Å². The van der Waals surface area contributed by atoms with Crippen molar-refractivity contribution in [2.45, 2.75) is 32.9 Å². The average Bonchev–Trinajstić information content (AvgIpc) is 2.08. The number of rotatable bonds is 1. The molecule has 0 unspecified atom stereocenters. The van der Waals surface area contributed by atoms with Crippen molar-refractivity contribution >= 4 is 5.69 Å². The highest BCUT2D eigenvalue weighted by atomic mass is 19.4. The Labute approximate surface area is 91.3 Å². The van der Waals surface area contributed by atoms with E-state index in [-0.39, 0.29) is 17.0 Å². The molecule has 1 aromatic carbocycles. The maximum Gasteiger partial charge on any atom is 0.418 e. The molecule has 0 aliphatic carbocycles. The number of benzene rings is 1. The molecule has 0 aromatic heterocycles. The first-order chi connectivity index (χ1) is 7.16. The number of hydrogen-bond acceptors (Lipinski definition) is 1. The van der Waals surface area contributed by atoms with Gasteiger partial charge in [0, 0.05) is 0 Å². The van der Waals surface area contributed by atoms with E-state index in [9.17, 15) is 17.6 Å². The molecule has 0 aliphatic heterocycles. The number of halogens is 4. The van der Waals surface area contributed by atoms with Gasteiger partial charge < -0.3 is 5.73 Å². The normalized spacial score (nSPS) is 12.2. The van der Waals surface area contributed by atoms with E-state index in [2.05, 4.69) is 0 Å². The van der Waals surface area contributed by atoms with Crippen LogP contribution in [-0.4, -0.2) is 0 Å². The first kappa shape index (κ1) is 12.8. The van der Waals surface area contributed by atoms with Gasteiger partial charge in [0.05, 0.1) is 11.3 Å². The molecule has 2 N–H and O–H groups in total. The number of aryl methyl sites for hydroxylation is 1. The van der Waals surface area contributed by atoms with Crippen molar-refractivity contribution in [2.24, 2.45) is 0 Å². The number of hydrogen-bond donors (Lipinski definition) is 1. The van der Waals surface area contributed by atoms with Crippen LogP contribution in [0.25, 0.3) is 0 Å². The Morgan fingerprint density at radius 2 is 1.75 bits per heavy atom. The van der Waals surface area contributed by atoms with Gasteiger partial charge in [-0.05, 0) is 24.0 Å². The van der Waals surface area contributed by atoms with Crippen LogP contribution >= 0.6 is 0 Å². The zero-order chi connectivity index (χ0) is 12.7. The maximum atomic E-state index is 13.6. The largest absolute Gasteiger partial charge is 0.418 e. The Balaban J connectivity index is 3.53. The molecule has 0 aliphatic rings. The van der Waals surface area contributed by atoms with Crippen molar-refractivity contribution < 1.29 is 17.6 Å². The zero-order valence-electron chi connectivity index (χ0n) is 9.24. The molecule has 0 heterocycles. The minimum absolute atomic E-state index is 0.0462. The molecule has 0 bridgehead atoms. The minimum Gasteiger partial charge on any atom is -0.396 e. The summed E-state index contributed by atoms with van der Waals surface area (Å²) in [6, 6.07) is 1.21. The lowest BCUT2D eigenvalue weighted by Gasteiger charge is -2.17. The summed E-state index contributed by atoms with van der Waals surface area (Å²) < 4.78 is 51.3. The summed E-state index contributed by atoms with van der Waals surface area (Å²) in [5, 5.41) is 0. The molecule has 0 spiro atoms. The molecular weight excluding hydrogens is 222 g/mol. The van der Waals surface area contributed by atoms with Gasteiger partial charge in [-0.25, -0.2) is 4.39 Å². The second kappa shape index (κ2) is 3.96. The van der Waals surface area contributed by atoms with Gasteiger partial charge in [0.1, 0.15) is 5.82 Å². The molecule has 0 saturated heterocycles. The monoisotopic (exact) mass is 235 g/mol. The molecule has 5 heteroatoms. The molecule has 1 nitrogen and oxygen atoms in total. The van der Waals surface area contributed by atoms with Gasteiger partial charge in [-0.2, -0.15) is 13.2 Å². The summed E-state index contributed by atoms with van der Waals surface area (Å²) in [5.74, 6) is -1.17. The third kappa shape index (κ3) is 2.13. The van der Waals surface area contributed by atoms with Gasteiger partial charge in [-0.15, -0.1) is 0 Å². The van der Waals surface area contributed by atoms with E-state index >= 15 is 0 Å². The van der Waals surface area contributed by atoms with Gasteiger partial charge in [0.25, 0.3) is 0 Å². The van der Waals surface area contributed by atoms with Gasteiger partial charge in [-0.1, -0.05) is 19.9 Å². The van der Waals surface area contributed by atoms with Crippen molar-refractivity contribution in [3.05, 3.63) is 28.6 Å². The van der Waals surface area contributed by atoms with E-state index in [0.717, 1.165) is 0 Å². The fourth-order valence-corrected chi connectivity index (χ4v) is 1.64. The summed E-state index contributed by atoms with van der Waals surface area (Å²) in [6.07, 6.45) is -4.62. The average molecular weight is 235 g/mol. The topological polar surface area (TPSA) is 26.0 Å². The van der Waals surface area contributed by atoms with Crippen molar-refractivity contribution in [1.29, 1.82) is 0 Å². The van der Waals surface area contributed by atoms with Crippen molar-refractivity contribution in [1.82, 2.24) is 0 Å². The SMILES string of the molecule is Cc1cc(C(C)C)c(F)c(N)c1C(F)(F)F. The van der Waals surface area contributed by atoms with Gasteiger partial charge >= 0.3 is 6.18 Å². The number of nitrogen functional groups attached to an aromatic ring is 1. The first-order valence-electron chi connectivity index (χ1n) is 4.82. The summed E-state index contributed by atoms with van der Waals surface area (Å²) in [7, 11) is 0. The molecule has 1 aromatic rings. The van der Waals surface area contributed by atoms with Crippen LogP contribution in [0.15, 0.2) is 6.07 Å². The molecule has 0 fully saturated rings. The molecule has 0 saturated carbocycles. The van der Waals surface area contributed by atoms with Gasteiger partial charge in [0.15, 0.2) is 0 Å². The summed E-state index contributed by atoms with van der Waals surface area (Å²) >= 11 is 0. The number of alkyl halides is 3. The van der Waals surface area contributed by atoms with Crippen LogP contribution in [0.5, 0.6) is 0 Å². The standard InChI is InChI=1S/C11H13F4N/c1-5(2)7-4-6(3)8(11(13,14)15)10(16)9(7)12/h4-5H,16H2,1-3H3. The molecule has 1 rings (SSSR count). The van der Waals surface area contributed by atoms with E-state index in [1.807, 2.05) is 0 Å². The van der Waals surface area contributed by atoms with E-state index in [1.165, 1.54) is 13.0 Å². The first-order valence-corrected chi connectivity index (χ1v) is 4.82. The fourth-order valence-electron chi connectivity index (χ4n) is 1.64. The Morgan fingerprint density at radius 1 is 1.25 bits per heavy atom. The van der Waals surface area contributed by atoms with E-state index in [1.54, 1.807) is 13.8 Å². The van der Waals surface area contributed by atoms with Gasteiger partial charge in [0.2, 0.25) is 0 Å². The van der Waals surface area contributed by atoms with Gasteiger partial charge in [-0.3, -0.25) is 0 Å². The molecule has 90 valence electrons. The molecule has 0 radical (unpaired) electrons. The lowest BCUT2D eigenvalue weighted by Crippen LogP contribution is -2.14. The minimum atomic E-state index is -4.62. The molecule has 16 heavy (non-hydrogen) atoms. The fraction of sp³-hybridized carbons (Fsp3) is 0.455. The summed E-state index contributed by atoms with van der Waals surface area (Å²) in [5.41, 5.74) is 3.49. The second-order valence-electron chi connectivity index (χ2n) is 4.04. The smallest absolute Gasteiger partial charge is 0.396 e. The maximum absolute atomic E-state index is 13.6. The summed E-state index contributed by atoms with van der Waals surface area (Å²) in [6.45, 7) is 4.68. The lowest BCUT2D eigenvalue weighted by atomic mass is 9.95. The van der Waals surface area contributed by atoms with Crippen molar-refractivity contribution in [3.63, 3.8) is 0 Å². The molecule has 0 atom stereocenters. The second-order valence-corrected chi connectivity index (χ2v) is 4.04. The lowest BCUT2D eigenvalue weighted by molar-refractivity contribution is -0.137. The third-order valence-corrected chi connectivity index (χ3v) is 2.43. The molecule has 0 amide bonds.